The molecule has 40 heavy (non-hydrogen) atoms. The van der Waals surface area contributed by atoms with Crippen LogP contribution in [0.1, 0.15) is 24.3 Å². The molecule has 0 aliphatic rings. The number of fused-ring (bicyclic) bond motifs is 1. The smallest absolute Gasteiger partial charge is 0.281 e. The normalized spacial score (nSPS) is 11.7. The van der Waals surface area contributed by atoms with Crippen LogP contribution >= 0.6 is 0 Å². The molecule has 4 rings (SSSR count). The third kappa shape index (κ3) is 5.99. The van der Waals surface area contributed by atoms with Gasteiger partial charge in [0.25, 0.3) is 5.91 Å². The molecule has 13 nitrogen and oxygen atoms in total. The van der Waals surface area contributed by atoms with Crippen molar-refractivity contribution in [3.05, 3.63) is 73.4 Å². The van der Waals surface area contributed by atoms with E-state index in [0.29, 0.717) is 40.8 Å². The summed E-state index contributed by atoms with van der Waals surface area (Å²) >= 11 is 0. The fourth-order valence-corrected chi connectivity index (χ4v) is 3.62. The van der Waals surface area contributed by atoms with Gasteiger partial charge in [-0.05, 0) is 32.1 Å². The first kappa shape index (κ1) is 27.6. The Morgan fingerprint density at radius 3 is 2.65 bits per heavy atom. The standard InChI is InChI=1S/C27H28N8O5/c1-6-24(33-27(36)25-23(39-7-2)14-35(34-25)19-13-29-15-32-26(19)28)31-12-16(3)40-20-8-9-30-18-11-22(38-5)21(37-4)10-17(18)20/h6,8-15H,1,7H2,2-5H3,(H2,28,29,32)(H,31,33,36)/b16-12+. The van der Waals surface area contributed by atoms with Gasteiger partial charge >= 0.3 is 0 Å². The molecule has 206 valence electrons. The van der Waals surface area contributed by atoms with Gasteiger partial charge < -0.3 is 30.0 Å². The van der Waals surface area contributed by atoms with Gasteiger partial charge in [0.15, 0.2) is 28.8 Å². The molecule has 0 saturated heterocycles. The Kier molecular flexibility index (Phi) is 8.54. The zero-order valence-electron chi connectivity index (χ0n) is 22.4. The number of nitrogens with zero attached hydrogens (tertiary/aromatic N) is 6. The highest BCUT2D eigenvalue weighted by atomic mass is 16.5. The zero-order valence-corrected chi connectivity index (χ0v) is 22.4. The van der Waals surface area contributed by atoms with E-state index in [1.165, 1.54) is 35.7 Å². The maximum atomic E-state index is 13.1. The number of pyridine rings is 1. The molecule has 3 N–H and O–H groups in total. The lowest BCUT2D eigenvalue weighted by Gasteiger charge is -2.12. The quantitative estimate of drug-likeness (QED) is 0.172. The Labute approximate surface area is 230 Å². The average molecular weight is 545 g/mol. The van der Waals surface area contributed by atoms with E-state index in [1.54, 1.807) is 52.5 Å². The number of allylic oxidation sites excluding steroid dienone is 1. The number of nitrogens with two attached hydrogens (primary N) is 1. The van der Waals surface area contributed by atoms with Crippen LogP contribution in [0.15, 0.2) is 72.7 Å². The summed E-state index contributed by atoms with van der Waals surface area (Å²) in [5, 5.41) is 7.71. The Hall–Kier alpha value is -5.46. The van der Waals surface area contributed by atoms with Crippen LogP contribution in [0.4, 0.5) is 5.82 Å². The molecule has 1 aromatic carbocycles. The second kappa shape index (κ2) is 12.4. The molecule has 3 heterocycles. The van der Waals surface area contributed by atoms with Crippen molar-refractivity contribution < 1.29 is 23.7 Å². The molecule has 0 spiro atoms. The van der Waals surface area contributed by atoms with Crippen molar-refractivity contribution >= 4 is 28.5 Å². The SMILES string of the molecule is C=CC(=N/C=C(\C)Oc1ccnc2cc(OC)c(OC)cc12)NC(=O)c1nn(-c2cncnc2N)cc1OCC. The van der Waals surface area contributed by atoms with Gasteiger partial charge in [-0.1, -0.05) is 6.58 Å². The number of amides is 1. The predicted molar refractivity (Wildman–Crippen MR) is 149 cm³/mol. The minimum atomic E-state index is -0.565. The number of carbonyl (C=O) groups is 1. The minimum Gasteiger partial charge on any atom is -0.493 e. The summed E-state index contributed by atoms with van der Waals surface area (Å²) in [6.07, 6.45) is 8.79. The average Bonchev–Trinajstić information content (AvgIpc) is 3.38. The molecule has 0 bridgehead atoms. The largest absolute Gasteiger partial charge is 0.493 e. The number of aromatic nitrogens is 5. The Bertz CT molecular complexity index is 1610. The lowest BCUT2D eigenvalue weighted by atomic mass is 10.2. The topological polar surface area (TPSA) is 161 Å². The second-order valence-corrected chi connectivity index (χ2v) is 8.06. The monoisotopic (exact) mass is 544 g/mol. The van der Waals surface area contributed by atoms with Crippen LogP contribution in [0.25, 0.3) is 16.6 Å². The van der Waals surface area contributed by atoms with Crippen molar-refractivity contribution in [2.24, 2.45) is 4.99 Å². The molecule has 0 unspecified atom stereocenters. The molecule has 0 aliphatic heterocycles. The molecule has 0 aliphatic carbocycles. The highest BCUT2D eigenvalue weighted by Crippen LogP contribution is 2.35. The van der Waals surface area contributed by atoms with Crippen LogP contribution in [0.2, 0.25) is 0 Å². The summed E-state index contributed by atoms with van der Waals surface area (Å²) in [4.78, 5) is 29.7. The van der Waals surface area contributed by atoms with Gasteiger partial charge in [0.05, 0.1) is 44.9 Å². The van der Waals surface area contributed by atoms with Crippen LogP contribution in [-0.2, 0) is 0 Å². The molecular formula is C27H28N8O5. The summed E-state index contributed by atoms with van der Waals surface area (Å²) in [5.41, 5.74) is 7.01. The van der Waals surface area contributed by atoms with Crippen LogP contribution in [0.3, 0.4) is 0 Å². The molecule has 3 aromatic heterocycles. The van der Waals surface area contributed by atoms with Crippen molar-refractivity contribution in [2.45, 2.75) is 13.8 Å². The highest BCUT2D eigenvalue weighted by Gasteiger charge is 2.21. The first-order valence-electron chi connectivity index (χ1n) is 12.0. The van der Waals surface area contributed by atoms with E-state index < -0.39 is 5.91 Å². The van der Waals surface area contributed by atoms with Crippen molar-refractivity contribution in [3.63, 3.8) is 0 Å². The van der Waals surface area contributed by atoms with Gasteiger partial charge in [-0.15, -0.1) is 0 Å². The number of ether oxygens (including phenoxy) is 4. The van der Waals surface area contributed by atoms with Crippen LogP contribution in [-0.4, -0.2) is 57.3 Å². The fraction of sp³-hybridized carbons (Fsp3) is 0.185. The Balaban J connectivity index is 1.55. The third-order valence-electron chi connectivity index (χ3n) is 5.46. The number of hydrogen-bond donors (Lipinski definition) is 2. The van der Waals surface area contributed by atoms with Gasteiger partial charge in [-0.2, -0.15) is 5.10 Å². The highest BCUT2D eigenvalue weighted by molar-refractivity contribution is 6.10. The summed E-state index contributed by atoms with van der Waals surface area (Å²) in [6, 6.07) is 5.27. The maximum absolute atomic E-state index is 13.1. The van der Waals surface area contributed by atoms with Crippen molar-refractivity contribution in [3.8, 4) is 28.7 Å². The summed E-state index contributed by atoms with van der Waals surface area (Å²) in [6.45, 7) is 7.56. The molecule has 0 radical (unpaired) electrons. The van der Waals surface area contributed by atoms with E-state index >= 15 is 0 Å². The van der Waals surface area contributed by atoms with E-state index in [2.05, 4.69) is 36.9 Å². The number of anilines is 1. The number of carbonyl (C=O) groups excluding carboxylic acids is 1. The number of methoxy groups -OCH3 is 2. The second-order valence-electron chi connectivity index (χ2n) is 8.06. The lowest BCUT2D eigenvalue weighted by Crippen LogP contribution is -2.29. The first-order chi connectivity index (χ1) is 19.4. The van der Waals surface area contributed by atoms with Gasteiger partial charge in [0.2, 0.25) is 0 Å². The number of benzene rings is 1. The van der Waals surface area contributed by atoms with Crippen LogP contribution in [0, 0.1) is 0 Å². The number of nitrogens with one attached hydrogen (secondary N) is 1. The minimum absolute atomic E-state index is 0.0178. The lowest BCUT2D eigenvalue weighted by molar-refractivity contribution is 0.0968. The van der Waals surface area contributed by atoms with Gasteiger partial charge in [0.1, 0.15) is 29.4 Å². The van der Waals surface area contributed by atoms with Crippen LogP contribution < -0.4 is 30.0 Å². The molecule has 0 saturated carbocycles. The molecule has 13 heteroatoms. The molecule has 4 aromatic rings. The molecule has 0 fully saturated rings. The Morgan fingerprint density at radius 1 is 1.18 bits per heavy atom. The van der Waals surface area contributed by atoms with Gasteiger partial charge in [-0.25, -0.2) is 19.6 Å². The van der Waals surface area contributed by atoms with E-state index in [1.807, 2.05) is 0 Å². The summed E-state index contributed by atoms with van der Waals surface area (Å²) in [5.74, 6) is 2.12. The van der Waals surface area contributed by atoms with E-state index in [9.17, 15) is 4.79 Å². The predicted octanol–water partition coefficient (Wildman–Crippen LogP) is 3.46. The number of aliphatic imine (C=N–C) groups is 1. The van der Waals surface area contributed by atoms with E-state index in [-0.39, 0.29) is 23.1 Å². The summed E-state index contributed by atoms with van der Waals surface area (Å²) in [7, 11) is 3.11. The number of amidine groups is 1. The van der Waals surface area contributed by atoms with Crippen LogP contribution in [0.5, 0.6) is 23.0 Å². The van der Waals surface area contributed by atoms with Crippen molar-refractivity contribution in [2.75, 3.05) is 26.6 Å². The number of hydrogen-bond acceptors (Lipinski definition) is 11. The van der Waals surface area contributed by atoms with E-state index in [4.69, 9.17) is 24.7 Å². The third-order valence-corrected chi connectivity index (χ3v) is 5.46. The van der Waals surface area contributed by atoms with Gasteiger partial charge in [-0.3, -0.25) is 9.78 Å². The molecular weight excluding hydrogens is 516 g/mol. The molecule has 1 amide bonds. The van der Waals surface area contributed by atoms with Crippen molar-refractivity contribution in [1.82, 2.24) is 30.0 Å². The first-order valence-corrected chi connectivity index (χ1v) is 12.0. The summed E-state index contributed by atoms with van der Waals surface area (Å²) < 4.78 is 23.7. The zero-order chi connectivity index (χ0) is 28.6. The van der Waals surface area contributed by atoms with E-state index in [0.717, 1.165) is 5.39 Å². The van der Waals surface area contributed by atoms with Gasteiger partial charge in [0, 0.05) is 17.6 Å². The molecule has 0 atom stereocenters. The Morgan fingerprint density at radius 2 is 1.95 bits per heavy atom. The fourth-order valence-electron chi connectivity index (χ4n) is 3.62. The maximum Gasteiger partial charge on any atom is 0.281 e. The number of rotatable bonds is 10. The van der Waals surface area contributed by atoms with Crippen molar-refractivity contribution in [1.29, 1.82) is 0 Å². The number of nitrogen functional groups attached to an aromatic ring is 1.